The number of amides is 1. The molecule has 1 amide bonds. The molecule has 0 aliphatic rings. The molecule has 0 aliphatic heterocycles. The second kappa shape index (κ2) is 5.44. The van der Waals surface area contributed by atoms with E-state index in [-0.39, 0.29) is 5.91 Å². The number of hydrogen-bond acceptors (Lipinski definition) is 3. The molecule has 1 rings (SSSR count). The van der Waals surface area contributed by atoms with Gasteiger partial charge in [0.2, 0.25) is 5.91 Å². The molecule has 1 heterocycles. The van der Waals surface area contributed by atoms with Crippen molar-refractivity contribution in [2.75, 3.05) is 18.4 Å². The fourth-order valence-electron chi connectivity index (χ4n) is 0.909. The third-order valence-electron chi connectivity index (χ3n) is 1.53. The third kappa shape index (κ3) is 4.09. The molecule has 1 aromatic rings. The molecule has 76 valence electrons. The van der Waals surface area contributed by atoms with E-state index < -0.39 is 0 Å². The van der Waals surface area contributed by atoms with E-state index in [1.54, 1.807) is 18.3 Å². The van der Waals surface area contributed by atoms with Crippen LogP contribution in [0.15, 0.2) is 18.3 Å². The SMILES string of the molecule is CC(=O)NCCNc1ccc(Cl)cn1. The van der Waals surface area contributed by atoms with Gasteiger partial charge in [-0.1, -0.05) is 11.6 Å². The highest BCUT2D eigenvalue weighted by atomic mass is 35.5. The predicted molar refractivity (Wildman–Crippen MR) is 56.4 cm³/mol. The molecule has 14 heavy (non-hydrogen) atoms. The van der Waals surface area contributed by atoms with E-state index in [4.69, 9.17) is 11.6 Å². The molecule has 0 aliphatic carbocycles. The number of aromatic nitrogens is 1. The topological polar surface area (TPSA) is 54.0 Å². The van der Waals surface area contributed by atoms with Crippen LogP contribution in [-0.4, -0.2) is 24.0 Å². The summed E-state index contributed by atoms with van der Waals surface area (Å²) in [5.41, 5.74) is 0. The maximum absolute atomic E-state index is 10.5. The molecule has 2 N–H and O–H groups in total. The monoisotopic (exact) mass is 213 g/mol. The summed E-state index contributed by atoms with van der Waals surface area (Å²) in [5, 5.41) is 6.32. The minimum Gasteiger partial charge on any atom is -0.368 e. The Bertz CT molecular complexity index is 299. The molecule has 0 aromatic carbocycles. The van der Waals surface area contributed by atoms with E-state index in [0.29, 0.717) is 18.1 Å². The molecule has 0 spiro atoms. The molecule has 0 bridgehead atoms. The van der Waals surface area contributed by atoms with Gasteiger partial charge in [0.1, 0.15) is 5.82 Å². The van der Waals surface area contributed by atoms with Gasteiger partial charge in [0.25, 0.3) is 0 Å². The van der Waals surface area contributed by atoms with Gasteiger partial charge in [-0.25, -0.2) is 4.98 Å². The number of carbonyl (C=O) groups is 1. The van der Waals surface area contributed by atoms with Gasteiger partial charge in [0.15, 0.2) is 0 Å². The smallest absolute Gasteiger partial charge is 0.216 e. The molecule has 0 atom stereocenters. The maximum Gasteiger partial charge on any atom is 0.216 e. The van der Waals surface area contributed by atoms with Crippen molar-refractivity contribution < 1.29 is 4.79 Å². The number of carbonyl (C=O) groups excluding carboxylic acids is 1. The first-order chi connectivity index (χ1) is 6.68. The van der Waals surface area contributed by atoms with Crippen LogP contribution < -0.4 is 10.6 Å². The summed E-state index contributed by atoms with van der Waals surface area (Å²) in [6, 6.07) is 3.55. The number of hydrogen-bond donors (Lipinski definition) is 2. The average molecular weight is 214 g/mol. The van der Waals surface area contributed by atoms with Crippen LogP contribution in [0.1, 0.15) is 6.92 Å². The normalized spacial score (nSPS) is 9.57. The Kier molecular flexibility index (Phi) is 4.19. The van der Waals surface area contributed by atoms with Crippen LogP contribution in [0.3, 0.4) is 0 Å². The summed E-state index contributed by atoms with van der Waals surface area (Å²) in [7, 11) is 0. The fraction of sp³-hybridized carbons (Fsp3) is 0.333. The molecule has 0 saturated heterocycles. The van der Waals surface area contributed by atoms with Crippen molar-refractivity contribution in [3.05, 3.63) is 23.4 Å². The Hall–Kier alpha value is -1.29. The fourth-order valence-corrected chi connectivity index (χ4v) is 1.02. The second-order valence-electron chi connectivity index (χ2n) is 2.77. The Morgan fingerprint density at radius 3 is 2.86 bits per heavy atom. The van der Waals surface area contributed by atoms with Gasteiger partial charge in [-0.3, -0.25) is 4.79 Å². The molecule has 1 aromatic heterocycles. The third-order valence-corrected chi connectivity index (χ3v) is 1.76. The number of halogens is 1. The molecule has 5 heteroatoms. The summed E-state index contributed by atoms with van der Waals surface area (Å²) in [6.45, 7) is 2.72. The highest BCUT2D eigenvalue weighted by molar-refractivity contribution is 6.30. The summed E-state index contributed by atoms with van der Waals surface area (Å²) in [5.74, 6) is 0.718. The largest absolute Gasteiger partial charge is 0.368 e. The first-order valence-electron chi connectivity index (χ1n) is 4.28. The van der Waals surface area contributed by atoms with Crippen molar-refractivity contribution in [1.29, 1.82) is 0 Å². The summed E-state index contributed by atoms with van der Waals surface area (Å²) in [4.78, 5) is 14.6. The lowest BCUT2D eigenvalue weighted by atomic mass is 10.4. The first kappa shape index (κ1) is 10.8. The molecule has 0 radical (unpaired) electrons. The highest BCUT2D eigenvalue weighted by Gasteiger charge is 1.93. The Morgan fingerprint density at radius 1 is 1.50 bits per heavy atom. The van der Waals surface area contributed by atoms with Gasteiger partial charge >= 0.3 is 0 Å². The van der Waals surface area contributed by atoms with Crippen LogP contribution in [0.4, 0.5) is 5.82 Å². The van der Waals surface area contributed by atoms with Crippen molar-refractivity contribution in [1.82, 2.24) is 10.3 Å². The Morgan fingerprint density at radius 2 is 2.29 bits per heavy atom. The lowest BCUT2D eigenvalue weighted by Gasteiger charge is -2.05. The number of rotatable bonds is 4. The van der Waals surface area contributed by atoms with Crippen molar-refractivity contribution in [3.63, 3.8) is 0 Å². The highest BCUT2D eigenvalue weighted by Crippen LogP contribution is 2.08. The van der Waals surface area contributed by atoms with Crippen molar-refractivity contribution in [2.45, 2.75) is 6.92 Å². The van der Waals surface area contributed by atoms with Crippen molar-refractivity contribution in [3.8, 4) is 0 Å². The van der Waals surface area contributed by atoms with Crippen LogP contribution in [0, 0.1) is 0 Å². The summed E-state index contributed by atoms with van der Waals surface area (Å²) < 4.78 is 0. The van der Waals surface area contributed by atoms with Crippen molar-refractivity contribution in [2.24, 2.45) is 0 Å². The van der Waals surface area contributed by atoms with Gasteiger partial charge in [-0.15, -0.1) is 0 Å². The molecular formula is C9H12ClN3O. The molecule has 0 saturated carbocycles. The molecule has 0 unspecified atom stereocenters. The number of pyridine rings is 1. The van der Waals surface area contributed by atoms with E-state index in [9.17, 15) is 4.79 Å². The number of nitrogens with one attached hydrogen (secondary N) is 2. The lowest BCUT2D eigenvalue weighted by Crippen LogP contribution is -2.26. The molecule has 4 nitrogen and oxygen atoms in total. The average Bonchev–Trinajstić information content (AvgIpc) is 2.15. The van der Waals surface area contributed by atoms with E-state index >= 15 is 0 Å². The van der Waals surface area contributed by atoms with Crippen molar-refractivity contribution >= 4 is 23.3 Å². The van der Waals surface area contributed by atoms with Crippen LogP contribution >= 0.6 is 11.6 Å². The number of anilines is 1. The van der Waals surface area contributed by atoms with Gasteiger partial charge in [-0.2, -0.15) is 0 Å². The zero-order valence-electron chi connectivity index (χ0n) is 7.88. The minimum atomic E-state index is -0.0316. The van der Waals surface area contributed by atoms with Gasteiger partial charge in [-0.05, 0) is 12.1 Å². The van der Waals surface area contributed by atoms with E-state index in [0.717, 1.165) is 5.82 Å². The van der Waals surface area contributed by atoms with Crippen LogP contribution in [0.25, 0.3) is 0 Å². The van der Waals surface area contributed by atoms with Crippen LogP contribution in [0.5, 0.6) is 0 Å². The second-order valence-corrected chi connectivity index (χ2v) is 3.21. The predicted octanol–water partition coefficient (Wildman–Crippen LogP) is 1.28. The van der Waals surface area contributed by atoms with Gasteiger partial charge in [0, 0.05) is 26.2 Å². The quantitative estimate of drug-likeness (QED) is 0.741. The number of nitrogens with zero attached hydrogens (tertiary/aromatic N) is 1. The first-order valence-corrected chi connectivity index (χ1v) is 4.66. The Balaban J connectivity index is 2.25. The van der Waals surface area contributed by atoms with Crippen LogP contribution in [-0.2, 0) is 4.79 Å². The molecule has 0 fully saturated rings. The summed E-state index contributed by atoms with van der Waals surface area (Å²) in [6.07, 6.45) is 1.57. The van der Waals surface area contributed by atoms with Gasteiger partial charge in [0.05, 0.1) is 5.02 Å². The maximum atomic E-state index is 10.5. The standard InChI is InChI=1S/C9H12ClN3O/c1-7(14)11-4-5-12-9-3-2-8(10)6-13-9/h2-3,6H,4-5H2,1H3,(H,11,14)(H,12,13). The Labute approximate surface area is 87.7 Å². The zero-order valence-corrected chi connectivity index (χ0v) is 8.64. The minimum absolute atomic E-state index is 0.0316. The van der Waals surface area contributed by atoms with E-state index in [1.807, 2.05) is 0 Å². The zero-order chi connectivity index (χ0) is 10.4. The molecular weight excluding hydrogens is 202 g/mol. The lowest BCUT2D eigenvalue weighted by molar-refractivity contribution is -0.118. The van der Waals surface area contributed by atoms with Gasteiger partial charge < -0.3 is 10.6 Å². The van der Waals surface area contributed by atoms with E-state index in [1.165, 1.54) is 6.92 Å². The van der Waals surface area contributed by atoms with Crippen LogP contribution in [0.2, 0.25) is 5.02 Å². The van der Waals surface area contributed by atoms with E-state index in [2.05, 4.69) is 15.6 Å². The summed E-state index contributed by atoms with van der Waals surface area (Å²) >= 11 is 5.67.